The van der Waals surface area contributed by atoms with Crippen molar-refractivity contribution in [3.8, 4) is 11.8 Å². The van der Waals surface area contributed by atoms with Crippen LogP contribution in [0.15, 0.2) is 18.3 Å². The maximum Gasteiger partial charge on any atom is 0.270 e. The quantitative estimate of drug-likeness (QED) is 0.791. The first-order chi connectivity index (χ1) is 9.29. The molecule has 1 amide bonds. The van der Waals surface area contributed by atoms with E-state index in [0.717, 1.165) is 24.2 Å². The van der Waals surface area contributed by atoms with Gasteiger partial charge in [0, 0.05) is 23.6 Å². The summed E-state index contributed by atoms with van der Waals surface area (Å²) in [6.45, 7) is 0.321. The lowest BCUT2D eigenvalue weighted by atomic mass is 10.2. The maximum absolute atomic E-state index is 12.0. The third kappa shape index (κ3) is 4.27. The molecule has 5 heteroatoms. The fourth-order valence-corrected chi connectivity index (χ4v) is 2.94. The first kappa shape index (κ1) is 13.9. The number of aromatic nitrogens is 1. The van der Waals surface area contributed by atoms with Crippen molar-refractivity contribution in [2.45, 2.75) is 18.9 Å². The van der Waals surface area contributed by atoms with E-state index in [4.69, 9.17) is 5.73 Å². The molecule has 4 nitrogen and oxygen atoms in total. The SMILES string of the molecule is NCC#Cc1ccc(C(=O)NC2CCCSC2)nc1. The Morgan fingerprint density at radius 1 is 1.58 bits per heavy atom. The average molecular weight is 275 g/mol. The van der Waals surface area contributed by atoms with Gasteiger partial charge in [-0.3, -0.25) is 4.79 Å². The second-order valence-electron chi connectivity index (χ2n) is 4.33. The van der Waals surface area contributed by atoms with Gasteiger partial charge in [0.1, 0.15) is 5.69 Å². The molecule has 1 atom stereocenters. The molecule has 0 spiro atoms. The number of carbonyl (C=O) groups excluding carboxylic acids is 1. The zero-order valence-corrected chi connectivity index (χ0v) is 11.5. The Hall–Kier alpha value is -1.51. The lowest BCUT2D eigenvalue weighted by Crippen LogP contribution is -2.38. The summed E-state index contributed by atoms with van der Waals surface area (Å²) in [5.41, 5.74) is 6.51. The summed E-state index contributed by atoms with van der Waals surface area (Å²) in [6, 6.07) is 3.76. The second-order valence-corrected chi connectivity index (χ2v) is 5.48. The van der Waals surface area contributed by atoms with Gasteiger partial charge in [-0.1, -0.05) is 11.8 Å². The first-order valence-corrected chi connectivity index (χ1v) is 7.48. The molecular formula is C14H17N3OS. The summed E-state index contributed by atoms with van der Waals surface area (Å²) in [5.74, 6) is 7.71. The number of nitrogens with two attached hydrogens (primary N) is 1. The molecular weight excluding hydrogens is 258 g/mol. The van der Waals surface area contributed by atoms with Crippen LogP contribution in [0.4, 0.5) is 0 Å². The number of amides is 1. The minimum Gasteiger partial charge on any atom is -0.347 e. The number of thioether (sulfide) groups is 1. The summed E-state index contributed by atoms with van der Waals surface area (Å²) >= 11 is 1.89. The van der Waals surface area contributed by atoms with Crippen molar-refractivity contribution < 1.29 is 4.79 Å². The van der Waals surface area contributed by atoms with Crippen LogP contribution in [0.3, 0.4) is 0 Å². The van der Waals surface area contributed by atoms with Gasteiger partial charge in [-0.15, -0.1) is 0 Å². The van der Waals surface area contributed by atoms with E-state index in [0.29, 0.717) is 12.2 Å². The van der Waals surface area contributed by atoms with Crippen LogP contribution in [0, 0.1) is 11.8 Å². The van der Waals surface area contributed by atoms with Crippen LogP contribution in [0.1, 0.15) is 28.9 Å². The highest BCUT2D eigenvalue weighted by Crippen LogP contribution is 2.17. The monoisotopic (exact) mass is 275 g/mol. The average Bonchev–Trinajstić information content (AvgIpc) is 2.46. The smallest absolute Gasteiger partial charge is 0.270 e. The van der Waals surface area contributed by atoms with Crippen LogP contribution >= 0.6 is 11.8 Å². The van der Waals surface area contributed by atoms with Crippen molar-refractivity contribution in [3.63, 3.8) is 0 Å². The first-order valence-electron chi connectivity index (χ1n) is 6.33. The Labute approximate surface area is 117 Å². The van der Waals surface area contributed by atoms with E-state index in [9.17, 15) is 4.79 Å². The zero-order valence-electron chi connectivity index (χ0n) is 10.7. The summed E-state index contributed by atoms with van der Waals surface area (Å²) in [7, 11) is 0. The molecule has 0 aromatic carbocycles. The molecule has 0 bridgehead atoms. The van der Waals surface area contributed by atoms with Gasteiger partial charge < -0.3 is 11.1 Å². The summed E-state index contributed by atoms with van der Waals surface area (Å²) < 4.78 is 0. The molecule has 0 saturated carbocycles. The topological polar surface area (TPSA) is 68.0 Å². The maximum atomic E-state index is 12.0. The standard InChI is InChI=1S/C14H17N3OS/c15-7-1-3-11-5-6-13(16-9-11)14(18)17-12-4-2-8-19-10-12/h5-6,9,12H,2,4,7-8,10,15H2,(H,17,18). The van der Waals surface area contributed by atoms with Gasteiger partial charge in [0.2, 0.25) is 0 Å². The molecule has 0 aliphatic carbocycles. The zero-order chi connectivity index (χ0) is 13.5. The molecule has 1 aromatic rings. The largest absolute Gasteiger partial charge is 0.347 e. The predicted octanol–water partition coefficient (Wildman–Crippen LogP) is 1.02. The molecule has 2 heterocycles. The van der Waals surface area contributed by atoms with Crippen LogP contribution in [0.5, 0.6) is 0 Å². The van der Waals surface area contributed by atoms with Crippen molar-refractivity contribution in [3.05, 3.63) is 29.6 Å². The van der Waals surface area contributed by atoms with Gasteiger partial charge in [-0.05, 0) is 30.7 Å². The summed E-state index contributed by atoms with van der Waals surface area (Å²) in [5, 5.41) is 3.02. The van der Waals surface area contributed by atoms with Crippen LogP contribution in [-0.2, 0) is 0 Å². The molecule has 2 rings (SSSR count). The normalized spacial score (nSPS) is 18.3. The Bertz CT molecular complexity index is 484. The molecule has 1 unspecified atom stereocenters. The Morgan fingerprint density at radius 2 is 2.47 bits per heavy atom. The minimum absolute atomic E-state index is 0.106. The van der Waals surface area contributed by atoms with Crippen molar-refractivity contribution in [2.75, 3.05) is 18.1 Å². The third-order valence-electron chi connectivity index (χ3n) is 2.83. The van der Waals surface area contributed by atoms with Crippen LogP contribution in [0.25, 0.3) is 0 Å². The highest BCUT2D eigenvalue weighted by molar-refractivity contribution is 7.99. The molecule has 1 aliphatic heterocycles. The van der Waals surface area contributed by atoms with E-state index in [1.807, 2.05) is 11.8 Å². The highest BCUT2D eigenvalue weighted by atomic mass is 32.2. The van der Waals surface area contributed by atoms with Gasteiger partial charge in [-0.2, -0.15) is 11.8 Å². The third-order valence-corrected chi connectivity index (χ3v) is 4.04. The van der Waals surface area contributed by atoms with Crippen molar-refractivity contribution >= 4 is 17.7 Å². The highest BCUT2D eigenvalue weighted by Gasteiger charge is 2.17. The number of hydrogen-bond acceptors (Lipinski definition) is 4. The van der Waals surface area contributed by atoms with Crippen LogP contribution in [-0.4, -0.2) is 35.0 Å². The molecule has 19 heavy (non-hydrogen) atoms. The molecule has 1 saturated heterocycles. The van der Waals surface area contributed by atoms with Gasteiger partial charge in [0.25, 0.3) is 5.91 Å². The Morgan fingerprint density at radius 3 is 3.11 bits per heavy atom. The summed E-state index contributed by atoms with van der Waals surface area (Å²) in [4.78, 5) is 16.1. The Kier molecular flexibility index (Phi) is 5.25. The predicted molar refractivity (Wildman–Crippen MR) is 78.0 cm³/mol. The van der Waals surface area contributed by atoms with E-state index < -0.39 is 0 Å². The van der Waals surface area contributed by atoms with E-state index in [2.05, 4.69) is 22.1 Å². The van der Waals surface area contributed by atoms with Crippen molar-refractivity contribution in [1.82, 2.24) is 10.3 Å². The molecule has 3 N–H and O–H groups in total. The van der Waals surface area contributed by atoms with Gasteiger partial charge in [-0.25, -0.2) is 4.98 Å². The number of pyridine rings is 1. The van der Waals surface area contributed by atoms with Crippen LogP contribution in [0.2, 0.25) is 0 Å². The fraction of sp³-hybridized carbons (Fsp3) is 0.429. The van der Waals surface area contributed by atoms with Gasteiger partial charge in [0.05, 0.1) is 6.54 Å². The number of nitrogens with one attached hydrogen (secondary N) is 1. The lowest BCUT2D eigenvalue weighted by molar-refractivity contribution is 0.0933. The number of rotatable bonds is 2. The number of nitrogens with zero attached hydrogens (tertiary/aromatic N) is 1. The summed E-state index contributed by atoms with van der Waals surface area (Å²) in [6.07, 6.45) is 3.82. The van der Waals surface area contributed by atoms with Gasteiger partial charge >= 0.3 is 0 Å². The lowest BCUT2D eigenvalue weighted by Gasteiger charge is -2.22. The number of hydrogen-bond donors (Lipinski definition) is 2. The molecule has 1 fully saturated rings. The Balaban J connectivity index is 1.95. The molecule has 1 aromatic heterocycles. The van der Waals surface area contributed by atoms with Crippen molar-refractivity contribution in [2.24, 2.45) is 5.73 Å². The van der Waals surface area contributed by atoms with Crippen molar-refractivity contribution in [1.29, 1.82) is 0 Å². The second kappa shape index (κ2) is 7.17. The minimum atomic E-state index is -0.106. The van der Waals surface area contributed by atoms with E-state index in [1.54, 1.807) is 18.3 Å². The van der Waals surface area contributed by atoms with E-state index in [-0.39, 0.29) is 11.9 Å². The molecule has 100 valence electrons. The number of carbonyl (C=O) groups is 1. The van der Waals surface area contributed by atoms with E-state index >= 15 is 0 Å². The van der Waals surface area contributed by atoms with Gasteiger partial charge in [0.15, 0.2) is 0 Å². The molecule has 1 aliphatic rings. The van der Waals surface area contributed by atoms with Crippen LogP contribution < -0.4 is 11.1 Å². The fourth-order valence-electron chi connectivity index (χ4n) is 1.87. The van der Waals surface area contributed by atoms with E-state index in [1.165, 1.54) is 5.75 Å². The molecule has 0 radical (unpaired) electrons.